The first-order valence-corrected chi connectivity index (χ1v) is 7.99. The van der Waals surface area contributed by atoms with Gasteiger partial charge in [-0.25, -0.2) is 4.79 Å². The second kappa shape index (κ2) is 8.93. The first-order valence-electron chi connectivity index (χ1n) is 7.99. The van der Waals surface area contributed by atoms with Crippen LogP contribution in [0.4, 0.5) is 5.69 Å². The molecular formula is C18H22N2O7. The van der Waals surface area contributed by atoms with Crippen LogP contribution in [0.25, 0.3) is 0 Å². The molecule has 27 heavy (non-hydrogen) atoms. The van der Waals surface area contributed by atoms with Crippen LogP contribution in [0.3, 0.4) is 0 Å². The van der Waals surface area contributed by atoms with E-state index in [2.05, 4.69) is 9.99 Å². The fourth-order valence-electron chi connectivity index (χ4n) is 2.69. The molecule has 9 heteroatoms. The predicted octanol–water partition coefficient (Wildman–Crippen LogP) is 1.84. The maximum Gasteiger partial charge on any atom is 0.331 e. The van der Waals surface area contributed by atoms with Crippen LogP contribution in [0.15, 0.2) is 29.4 Å². The molecule has 0 aromatic heterocycles. The van der Waals surface area contributed by atoms with Crippen molar-refractivity contribution in [2.45, 2.75) is 39.7 Å². The average molecular weight is 378 g/mol. The number of rotatable bonds is 4. The van der Waals surface area contributed by atoms with Crippen LogP contribution in [-0.2, 0) is 34.4 Å². The summed E-state index contributed by atoms with van der Waals surface area (Å²) in [5.74, 6) is -2.35. The summed E-state index contributed by atoms with van der Waals surface area (Å²) in [7, 11) is 1.62. The summed E-state index contributed by atoms with van der Waals surface area (Å²) >= 11 is 0. The second-order valence-electron chi connectivity index (χ2n) is 5.91. The minimum absolute atomic E-state index is 0.0000463. The van der Waals surface area contributed by atoms with Gasteiger partial charge < -0.3 is 19.6 Å². The van der Waals surface area contributed by atoms with Gasteiger partial charge in [-0.05, 0) is 13.0 Å². The lowest BCUT2D eigenvalue weighted by atomic mass is 9.89. The number of carboxylic acid groups (broad SMARTS) is 1. The Morgan fingerprint density at radius 2 is 1.67 bits per heavy atom. The van der Waals surface area contributed by atoms with E-state index in [4.69, 9.17) is 14.6 Å². The first-order chi connectivity index (χ1) is 12.5. The van der Waals surface area contributed by atoms with Gasteiger partial charge in [-0.2, -0.15) is 0 Å². The molecule has 1 amide bonds. The average Bonchev–Trinajstić information content (AvgIpc) is 2.75. The summed E-state index contributed by atoms with van der Waals surface area (Å²) in [5, 5.41) is 11.1. The third-order valence-electron chi connectivity index (χ3n) is 3.50. The molecular weight excluding hydrogens is 356 g/mol. The quantitative estimate of drug-likeness (QED) is 0.367. The Labute approximate surface area is 156 Å². The highest BCUT2D eigenvalue weighted by Gasteiger charge is 2.53. The van der Waals surface area contributed by atoms with Gasteiger partial charge in [0, 0.05) is 39.8 Å². The number of carbonyl (C=O) groups excluding carboxylic acids is 3. The minimum Gasteiger partial charge on any atom is -0.481 e. The van der Waals surface area contributed by atoms with Gasteiger partial charge >= 0.3 is 11.9 Å². The van der Waals surface area contributed by atoms with Crippen molar-refractivity contribution in [1.29, 1.82) is 0 Å². The number of fused-ring (bicyclic) bond motifs is 1. The highest BCUT2D eigenvalue weighted by atomic mass is 16.7. The molecule has 2 rings (SSSR count). The van der Waals surface area contributed by atoms with E-state index < -0.39 is 23.5 Å². The number of esters is 1. The zero-order valence-corrected chi connectivity index (χ0v) is 15.8. The standard InChI is InChI=1S/C16H18N2O5.C2H4O2/c1-10(17-23-12(3)20)9-16(22-11(2)19)13-7-5-6-8-14(13)18(4)15(16)21;1-2(3)4/h5-8H,9H2,1-4H3;1H3,(H,3,4)/b17-10+;. The molecule has 0 saturated carbocycles. The van der Waals surface area contributed by atoms with Crippen molar-refractivity contribution >= 4 is 35.2 Å². The Morgan fingerprint density at radius 1 is 1.11 bits per heavy atom. The van der Waals surface area contributed by atoms with Crippen LogP contribution in [0.5, 0.6) is 0 Å². The number of carbonyl (C=O) groups is 4. The number of amides is 1. The number of aliphatic carboxylic acids is 1. The molecule has 0 fully saturated rings. The van der Waals surface area contributed by atoms with E-state index >= 15 is 0 Å². The summed E-state index contributed by atoms with van der Waals surface area (Å²) in [4.78, 5) is 50.3. The minimum atomic E-state index is -1.50. The third kappa shape index (κ3) is 5.37. The number of likely N-dealkylation sites (N-methyl/N-ethyl adjacent to an activating group) is 1. The molecule has 1 N–H and O–H groups in total. The summed E-state index contributed by atoms with van der Waals surface area (Å²) in [6.45, 7) is 5.15. The van der Waals surface area contributed by atoms with Crippen molar-refractivity contribution in [2.75, 3.05) is 11.9 Å². The van der Waals surface area contributed by atoms with Crippen LogP contribution in [0.2, 0.25) is 0 Å². The number of hydrogen-bond acceptors (Lipinski definition) is 7. The molecule has 146 valence electrons. The van der Waals surface area contributed by atoms with Crippen LogP contribution < -0.4 is 4.90 Å². The van der Waals surface area contributed by atoms with Gasteiger partial charge in [0.05, 0.1) is 11.4 Å². The predicted molar refractivity (Wildman–Crippen MR) is 96.1 cm³/mol. The molecule has 0 saturated heterocycles. The van der Waals surface area contributed by atoms with E-state index in [1.807, 2.05) is 0 Å². The fraction of sp³-hybridized carbons (Fsp3) is 0.389. The highest BCUT2D eigenvalue weighted by Crippen LogP contribution is 2.44. The van der Waals surface area contributed by atoms with Crippen LogP contribution in [0.1, 0.15) is 39.7 Å². The van der Waals surface area contributed by atoms with Crippen molar-refractivity contribution in [1.82, 2.24) is 0 Å². The number of hydrogen-bond donors (Lipinski definition) is 1. The molecule has 1 unspecified atom stereocenters. The zero-order chi connectivity index (χ0) is 20.8. The van der Waals surface area contributed by atoms with Crippen LogP contribution >= 0.6 is 0 Å². The molecule has 9 nitrogen and oxygen atoms in total. The molecule has 0 radical (unpaired) electrons. The Balaban J connectivity index is 0.000000828. The highest BCUT2D eigenvalue weighted by molar-refractivity contribution is 6.09. The molecule has 1 aliphatic rings. The summed E-state index contributed by atoms with van der Waals surface area (Å²) in [6.07, 6.45) is 0.0000463. The van der Waals surface area contributed by atoms with Gasteiger partial charge in [0.1, 0.15) is 0 Å². The number of anilines is 1. The number of carboxylic acids is 1. The zero-order valence-electron chi connectivity index (χ0n) is 15.8. The fourth-order valence-corrected chi connectivity index (χ4v) is 2.69. The van der Waals surface area contributed by atoms with E-state index in [1.165, 1.54) is 18.7 Å². The number of ether oxygens (including phenoxy) is 1. The topological polar surface area (TPSA) is 123 Å². The normalized spacial score (nSPS) is 18.2. The van der Waals surface area contributed by atoms with E-state index in [0.29, 0.717) is 17.0 Å². The monoisotopic (exact) mass is 378 g/mol. The van der Waals surface area contributed by atoms with E-state index in [0.717, 1.165) is 6.92 Å². The molecule has 0 aliphatic carbocycles. The number of benzene rings is 1. The SMILES string of the molecule is CC(=O)O.CC(=O)O/N=C(\C)CC1(OC(C)=O)C(=O)N(C)c2ccccc21. The number of para-hydroxylation sites is 1. The van der Waals surface area contributed by atoms with Gasteiger partial charge in [0.25, 0.3) is 11.9 Å². The van der Waals surface area contributed by atoms with Gasteiger partial charge in [-0.15, -0.1) is 0 Å². The van der Waals surface area contributed by atoms with E-state index in [1.54, 1.807) is 38.2 Å². The van der Waals surface area contributed by atoms with Crippen molar-refractivity contribution in [3.05, 3.63) is 29.8 Å². The first kappa shape index (κ1) is 21.8. The Morgan fingerprint density at radius 3 is 2.19 bits per heavy atom. The van der Waals surface area contributed by atoms with Gasteiger partial charge in [-0.1, -0.05) is 23.4 Å². The summed E-state index contributed by atoms with van der Waals surface area (Å²) in [5.41, 5.74) is 0.115. The van der Waals surface area contributed by atoms with E-state index in [9.17, 15) is 14.4 Å². The smallest absolute Gasteiger partial charge is 0.331 e. The van der Waals surface area contributed by atoms with Crippen molar-refractivity contribution in [3.8, 4) is 0 Å². The molecule has 0 spiro atoms. The van der Waals surface area contributed by atoms with E-state index in [-0.39, 0.29) is 12.3 Å². The van der Waals surface area contributed by atoms with Gasteiger partial charge in [-0.3, -0.25) is 14.4 Å². The molecule has 1 heterocycles. The molecule has 1 aliphatic heterocycles. The maximum absolute atomic E-state index is 12.8. The van der Waals surface area contributed by atoms with Crippen LogP contribution in [-0.4, -0.2) is 41.7 Å². The van der Waals surface area contributed by atoms with Crippen molar-refractivity contribution in [2.24, 2.45) is 5.16 Å². The molecule has 0 bridgehead atoms. The lowest BCUT2D eigenvalue weighted by Gasteiger charge is -2.27. The number of nitrogens with zero attached hydrogens (tertiary/aromatic N) is 2. The summed E-state index contributed by atoms with van der Waals surface area (Å²) < 4.78 is 5.43. The lowest BCUT2D eigenvalue weighted by Crippen LogP contribution is -2.43. The maximum atomic E-state index is 12.8. The Kier molecular flexibility index (Phi) is 7.21. The molecule has 1 atom stereocenters. The van der Waals surface area contributed by atoms with Gasteiger partial charge in [0.15, 0.2) is 0 Å². The van der Waals surface area contributed by atoms with Crippen LogP contribution in [0, 0.1) is 0 Å². The summed E-state index contributed by atoms with van der Waals surface area (Å²) in [6, 6.07) is 7.07. The lowest BCUT2D eigenvalue weighted by molar-refractivity contribution is -0.165. The number of oxime groups is 1. The van der Waals surface area contributed by atoms with Crippen molar-refractivity contribution in [3.63, 3.8) is 0 Å². The van der Waals surface area contributed by atoms with Gasteiger partial charge in [0.2, 0.25) is 5.60 Å². The largest absolute Gasteiger partial charge is 0.481 e. The Bertz CT molecular complexity index is 784. The molecule has 1 aromatic carbocycles. The molecule has 1 aromatic rings. The third-order valence-corrected chi connectivity index (χ3v) is 3.50. The van der Waals surface area contributed by atoms with Crippen molar-refractivity contribution < 1.29 is 33.9 Å². The second-order valence-corrected chi connectivity index (χ2v) is 5.91. The Hall–Kier alpha value is -3.23.